The molecule has 47 heavy (non-hydrogen) atoms. The van der Waals surface area contributed by atoms with Crippen LogP contribution in [0.15, 0.2) is 12.5 Å². The van der Waals surface area contributed by atoms with E-state index < -0.39 is 84.0 Å². The minimum atomic E-state index is -1.49. The van der Waals surface area contributed by atoms with Gasteiger partial charge in [0.05, 0.1) is 24.5 Å². The van der Waals surface area contributed by atoms with Gasteiger partial charge in [-0.05, 0) is 25.2 Å². The molecule has 0 fully saturated rings. The number of rotatable bonds is 22. The SMILES string of the molecule is CC[C@H](C)[C@H](NC(=O)[C@H](CCCNC(=N)N)NC(=O)[C@@H](N)CC(=O)O)C(=O)N[C@@H](Cc1c[nH]cn1)C(=O)N[C@@H](CCC(N)=O)C(=O)O. The van der Waals surface area contributed by atoms with Gasteiger partial charge in [-0.3, -0.25) is 34.2 Å². The lowest BCUT2D eigenvalue weighted by Gasteiger charge is -2.29. The number of nitrogens with two attached hydrogens (primary N) is 3. The molecule has 20 heteroatoms. The van der Waals surface area contributed by atoms with Gasteiger partial charge >= 0.3 is 11.9 Å². The van der Waals surface area contributed by atoms with Gasteiger partial charge in [0.2, 0.25) is 29.5 Å². The van der Waals surface area contributed by atoms with Crippen molar-refractivity contribution in [1.29, 1.82) is 5.41 Å². The molecule has 1 aromatic heterocycles. The molecule has 0 aliphatic rings. The first kappa shape index (κ1) is 39.8. The Morgan fingerprint density at radius 2 is 1.53 bits per heavy atom. The number of aromatic nitrogens is 2. The zero-order chi connectivity index (χ0) is 35.7. The molecule has 0 saturated carbocycles. The second kappa shape index (κ2) is 20.0. The van der Waals surface area contributed by atoms with Crippen LogP contribution in [0, 0.1) is 11.3 Å². The number of carboxylic acids is 2. The lowest BCUT2D eigenvalue weighted by molar-refractivity contribution is -0.142. The Morgan fingerprint density at radius 1 is 0.915 bits per heavy atom. The number of H-pyrrole nitrogens is 1. The molecule has 262 valence electrons. The molecule has 0 bridgehead atoms. The van der Waals surface area contributed by atoms with Gasteiger partial charge in [-0.25, -0.2) is 9.78 Å². The van der Waals surface area contributed by atoms with Crippen LogP contribution in [0.3, 0.4) is 0 Å². The van der Waals surface area contributed by atoms with Gasteiger partial charge in [-0.1, -0.05) is 20.3 Å². The van der Waals surface area contributed by atoms with Crippen molar-refractivity contribution in [3.05, 3.63) is 18.2 Å². The minimum absolute atomic E-state index is 0.0153. The zero-order valence-electron chi connectivity index (χ0n) is 26.2. The lowest BCUT2D eigenvalue weighted by atomic mass is 9.96. The molecular weight excluding hydrogens is 622 g/mol. The van der Waals surface area contributed by atoms with Crippen molar-refractivity contribution in [3.8, 4) is 0 Å². The van der Waals surface area contributed by atoms with E-state index in [9.17, 15) is 38.7 Å². The van der Waals surface area contributed by atoms with Crippen LogP contribution in [0.5, 0.6) is 0 Å². The average molecular weight is 668 g/mol. The molecule has 15 N–H and O–H groups in total. The number of nitrogens with zero attached hydrogens (tertiary/aromatic N) is 1. The third-order valence-corrected chi connectivity index (χ3v) is 7.04. The highest BCUT2D eigenvalue weighted by atomic mass is 16.4. The smallest absolute Gasteiger partial charge is 0.326 e. The van der Waals surface area contributed by atoms with E-state index in [4.69, 9.17) is 27.7 Å². The highest BCUT2D eigenvalue weighted by Crippen LogP contribution is 2.11. The maximum absolute atomic E-state index is 13.6. The van der Waals surface area contributed by atoms with Crippen LogP contribution in [0.25, 0.3) is 0 Å². The Bertz CT molecular complexity index is 1260. The molecule has 6 atom stereocenters. The average Bonchev–Trinajstić information content (AvgIpc) is 3.50. The third-order valence-electron chi connectivity index (χ3n) is 7.04. The molecule has 0 saturated heterocycles. The predicted octanol–water partition coefficient (Wildman–Crippen LogP) is -3.65. The number of guanidine groups is 1. The van der Waals surface area contributed by atoms with Gasteiger partial charge in [-0.2, -0.15) is 0 Å². The number of carboxylic acid groups (broad SMARTS) is 2. The van der Waals surface area contributed by atoms with Gasteiger partial charge in [0.1, 0.15) is 24.2 Å². The molecule has 1 rings (SSSR count). The number of primary amides is 1. The van der Waals surface area contributed by atoms with Crippen molar-refractivity contribution in [1.82, 2.24) is 36.6 Å². The number of aromatic amines is 1. The number of amides is 5. The summed E-state index contributed by atoms with van der Waals surface area (Å²) in [6.07, 6.45) is 1.90. The Kier molecular flexibility index (Phi) is 16.9. The van der Waals surface area contributed by atoms with Gasteiger partial charge in [0, 0.05) is 25.6 Å². The van der Waals surface area contributed by atoms with Crippen LogP contribution in [0.4, 0.5) is 0 Å². The molecule has 0 unspecified atom stereocenters. The number of imidazole rings is 1. The van der Waals surface area contributed by atoms with Crippen LogP contribution in [0.2, 0.25) is 0 Å². The van der Waals surface area contributed by atoms with E-state index >= 15 is 0 Å². The highest BCUT2D eigenvalue weighted by molar-refractivity contribution is 5.96. The van der Waals surface area contributed by atoms with E-state index in [0.717, 1.165) is 0 Å². The second-order valence-corrected chi connectivity index (χ2v) is 10.9. The van der Waals surface area contributed by atoms with E-state index in [1.165, 1.54) is 12.5 Å². The summed E-state index contributed by atoms with van der Waals surface area (Å²) in [7, 11) is 0. The van der Waals surface area contributed by atoms with E-state index in [-0.39, 0.29) is 44.6 Å². The quantitative estimate of drug-likeness (QED) is 0.0323. The first-order valence-corrected chi connectivity index (χ1v) is 14.8. The number of nitrogens with one attached hydrogen (secondary N) is 7. The summed E-state index contributed by atoms with van der Waals surface area (Å²) in [6.45, 7) is 3.57. The Hall–Kier alpha value is -5.27. The van der Waals surface area contributed by atoms with Crippen LogP contribution < -0.4 is 43.8 Å². The molecular formula is C27H45N11O9. The van der Waals surface area contributed by atoms with Crippen molar-refractivity contribution in [3.63, 3.8) is 0 Å². The summed E-state index contributed by atoms with van der Waals surface area (Å²) in [6, 6.07) is -6.86. The van der Waals surface area contributed by atoms with Crippen molar-refractivity contribution in [2.75, 3.05) is 6.54 Å². The molecule has 20 nitrogen and oxygen atoms in total. The monoisotopic (exact) mass is 667 g/mol. The van der Waals surface area contributed by atoms with Crippen LogP contribution in [-0.4, -0.2) is 104 Å². The Labute approximate surface area is 270 Å². The number of hydrogen-bond acceptors (Lipinski definition) is 10. The largest absolute Gasteiger partial charge is 0.481 e. The maximum Gasteiger partial charge on any atom is 0.326 e. The van der Waals surface area contributed by atoms with Gasteiger partial charge < -0.3 is 59.0 Å². The molecule has 1 heterocycles. The van der Waals surface area contributed by atoms with Crippen LogP contribution >= 0.6 is 0 Å². The van der Waals surface area contributed by atoms with Gasteiger partial charge in [-0.15, -0.1) is 0 Å². The zero-order valence-corrected chi connectivity index (χ0v) is 26.2. The summed E-state index contributed by atoms with van der Waals surface area (Å²) >= 11 is 0. The van der Waals surface area contributed by atoms with E-state index in [1.807, 2.05) is 0 Å². The van der Waals surface area contributed by atoms with E-state index in [2.05, 4.69) is 36.6 Å². The number of carbonyl (C=O) groups is 7. The fraction of sp³-hybridized carbons (Fsp3) is 0.593. The topological polar surface area (TPSA) is 351 Å². The van der Waals surface area contributed by atoms with E-state index in [0.29, 0.717) is 12.1 Å². The third kappa shape index (κ3) is 15.0. The summed E-state index contributed by atoms with van der Waals surface area (Å²) in [5.41, 5.74) is 16.4. The van der Waals surface area contributed by atoms with Crippen molar-refractivity contribution in [2.45, 2.75) is 89.0 Å². The molecule has 1 aromatic rings. The Morgan fingerprint density at radius 3 is 2.06 bits per heavy atom. The summed E-state index contributed by atoms with van der Waals surface area (Å²) < 4.78 is 0. The predicted molar refractivity (Wildman–Crippen MR) is 165 cm³/mol. The molecule has 0 spiro atoms. The number of aliphatic carboxylic acids is 2. The standard InChI is InChI=1S/C27H45N11O9/c1-3-13(2)21(38-23(43)16(5-4-8-33-27(30)31)35-22(42)15(28)10-20(40)41)25(45)37-18(9-14-11-32-12-34-14)24(44)36-17(26(46)47)6-7-19(29)39/h11-13,15-18,21H,3-10,28H2,1-2H3,(H2,29,39)(H,32,34)(H,35,42)(H,36,44)(H,37,45)(H,38,43)(H,40,41)(H,46,47)(H4,30,31,33)/t13-,15-,16-,17-,18-,21-/m0/s1. The van der Waals surface area contributed by atoms with Crippen LogP contribution in [-0.2, 0) is 40.0 Å². The normalized spacial score (nSPS) is 14.6. The Balaban J connectivity index is 3.24. The maximum atomic E-state index is 13.6. The summed E-state index contributed by atoms with van der Waals surface area (Å²) in [5, 5.41) is 38.2. The van der Waals surface area contributed by atoms with Crippen molar-refractivity contribution >= 4 is 47.4 Å². The first-order chi connectivity index (χ1) is 22.0. The molecule has 0 aliphatic heterocycles. The van der Waals surface area contributed by atoms with Gasteiger partial charge in [0.25, 0.3) is 0 Å². The lowest BCUT2D eigenvalue weighted by Crippen LogP contribution is -2.60. The fourth-order valence-corrected chi connectivity index (χ4v) is 4.21. The summed E-state index contributed by atoms with van der Waals surface area (Å²) in [5.74, 6) is -7.80. The molecule has 0 aliphatic carbocycles. The molecule has 0 radical (unpaired) electrons. The minimum Gasteiger partial charge on any atom is -0.481 e. The first-order valence-electron chi connectivity index (χ1n) is 14.8. The molecule has 0 aromatic carbocycles. The van der Waals surface area contributed by atoms with Crippen molar-refractivity contribution in [2.24, 2.45) is 23.1 Å². The van der Waals surface area contributed by atoms with Crippen LogP contribution in [0.1, 0.15) is 58.1 Å². The van der Waals surface area contributed by atoms with Crippen molar-refractivity contribution < 1.29 is 43.8 Å². The highest BCUT2D eigenvalue weighted by Gasteiger charge is 2.34. The van der Waals surface area contributed by atoms with Gasteiger partial charge in [0.15, 0.2) is 5.96 Å². The number of carbonyl (C=O) groups excluding carboxylic acids is 5. The van der Waals surface area contributed by atoms with E-state index in [1.54, 1.807) is 13.8 Å². The number of hydrogen-bond donors (Lipinski definition) is 12. The summed E-state index contributed by atoms with van der Waals surface area (Å²) in [4.78, 5) is 93.6. The molecule has 5 amide bonds. The fourth-order valence-electron chi connectivity index (χ4n) is 4.21. The second-order valence-electron chi connectivity index (χ2n) is 10.9.